The lowest BCUT2D eigenvalue weighted by Gasteiger charge is -2.23. The first-order chi connectivity index (χ1) is 12.9. The van der Waals surface area contributed by atoms with Crippen molar-refractivity contribution >= 4 is 23.1 Å². The molecule has 2 heterocycles. The Morgan fingerprint density at radius 1 is 1.11 bits per heavy atom. The number of hydrogen-bond donors (Lipinski definition) is 1. The van der Waals surface area contributed by atoms with Crippen LogP contribution in [-0.4, -0.2) is 17.5 Å². The third-order valence-electron chi connectivity index (χ3n) is 3.90. The van der Waals surface area contributed by atoms with E-state index in [0.29, 0.717) is 18.7 Å². The summed E-state index contributed by atoms with van der Waals surface area (Å²) in [4.78, 5) is 15.2. The number of halogens is 3. The second-order valence-corrected chi connectivity index (χ2v) is 6.84. The Hall–Kier alpha value is -2.74. The second kappa shape index (κ2) is 8.30. The van der Waals surface area contributed by atoms with Gasteiger partial charge in [-0.15, -0.1) is 11.3 Å². The van der Waals surface area contributed by atoms with Crippen LogP contribution in [-0.2, 0) is 19.1 Å². The summed E-state index contributed by atoms with van der Waals surface area (Å²) < 4.78 is 44.8. The number of carbonyl (C=O) groups excluding carboxylic acids is 1. The Morgan fingerprint density at radius 3 is 2.59 bits per heavy atom. The minimum absolute atomic E-state index is 0.165. The van der Waals surface area contributed by atoms with Crippen LogP contribution < -0.4 is 5.32 Å². The van der Waals surface area contributed by atoms with Crippen molar-refractivity contribution in [2.75, 3.05) is 11.9 Å². The third kappa shape index (κ3) is 5.13. The van der Waals surface area contributed by atoms with Gasteiger partial charge in [0.1, 0.15) is 5.76 Å². The van der Waals surface area contributed by atoms with Crippen LogP contribution >= 0.6 is 11.3 Å². The van der Waals surface area contributed by atoms with Gasteiger partial charge in [-0.05, 0) is 42.1 Å². The topological polar surface area (TPSA) is 45.5 Å². The summed E-state index contributed by atoms with van der Waals surface area (Å²) in [7, 11) is 0. The van der Waals surface area contributed by atoms with E-state index in [2.05, 4.69) is 5.32 Å². The number of thiophene rings is 1. The summed E-state index contributed by atoms with van der Waals surface area (Å²) in [6.45, 7) is 0.514. The van der Waals surface area contributed by atoms with Crippen LogP contribution in [0.4, 0.5) is 23.7 Å². The van der Waals surface area contributed by atoms with E-state index in [9.17, 15) is 18.0 Å². The molecule has 0 saturated carbocycles. The van der Waals surface area contributed by atoms with Gasteiger partial charge in [0.15, 0.2) is 0 Å². The minimum Gasteiger partial charge on any atom is -0.467 e. The molecule has 4 nitrogen and oxygen atoms in total. The van der Waals surface area contributed by atoms with E-state index in [1.165, 1.54) is 29.4 Å². The number of anilines is 1. The van der Waals surface area contributed by atoms with Crippen LogP contribution in [0.3, 0.4) is 0 Å². The second-order valence-electron chi connectivity index (χ2n) is 5.80. The molecule has 0 radical (unpaired) electrons. The largest absolute Gasteiger partial charge is 0.467 e. The van der Waals surface area contributed by atoms with Gasteiger partial charge >= 0.3 is 12.2 Å². The highest BCUT2D eigenvalue weighted by atomic mass is 32.1. The molecule has 1 N–H and O–H groups in total. The van der Waals surface area contributed by atoms with Crippen LogP contribution in [0.5, 0.6) is 0 Å². The molecule has 8 heteroatoms. The number of rotatable bonds is 6. The molecule has 2 aromatic heterocycles. The van der Waals surface area contributed by atoms with Crippen molar-refractivity contribution in [2.24, 2.45) is 0 Å². The average Bonchev–Trinajstić information content (AvgIpc) is 3.32. The molecule has 0 unspecified atom stereocenters. The number of carbonyl (C=O) groups is 1. The summed E-state index contributed by atoms with van der Waals surface area (Å²) >= 11 is 1.56. The SMILES string of the molecule is O=C(Nc1ccccc1C(F)(F)F)N(CCc1cccs1)Cc1ccco1. The standard InChI is InChI=1S/C19H17F3N2O2S/c20-19(21,22)16-7-1-2-8-17(16)23-18(25)24(13-14-5-3-11-26-14)10-9-15-6-4-12-27-15/h1-8,11-12H,9-10,13H2,(H,23,25). The molecular weight excluding hydrogens is 377 g/mol. The highest BCUT2D eigenvalue weighted by Gasteiger charge is 2.34. The molecule has 0 aliphatic heterocycles. The van der Waals surface area contributed by atoms with Crippen LogP contribution in [0.15, 0.2) is 64.6 Å². The Kier molecular flexibility index (Phi) is 5.85. The molecule has 0 atom stereocenters. The summed E-state index contributed by atoms with van der Waals surface area (Å²) in [5.41, 5.74) is -1.15. The van der Waals surface area contributed by atoms with Crippen LogP contribution in [0, 0.1) is 0 Å². The molecule has 0 saturated heterocycles. The predicted molar refractivity (Wildman–Crippen MR) is 97.6 cm³/mol. The predicted octanol–water partition coefficient (Wildman–Crippen LogP) is 5.64. The Bertz CT molecular complexity index is 861. The first kappa shape index (κ1) is 19.0. The summed E-state index contributed by atoms with van der Waals surface area (Å²) in [5, 5.41) is 4.32. The van der Waals surface area contributed by atoms with Gasteiger partial charge in [0, 0.05) is 11.4 Å². The van der Waals surface area contributed by atoms with E-state index in [1.54, 1.807) is 23.5 Å². The van der Waals surface area contributed by atoms with E-state index in [4.69, 9.17) is 4.42 Å². The van der Waals surface area contributed by atoms with Gasteiger partial charge in [0.05, 0.1) is 24.1 Å². The summed E-state index contributed by atoms with van der Waals surface area (Å²) in [6.07, 6.45) is -2.46. The fourth-order valence-corrected chi connectivity index (χ4v) is 3.27. The van der Waals surface area contributed by atoms with E-state index in [0.717, 1.165) is 10.9 Å². The van der Waals surface area contributed by atoms with E-state index >= 15 is 0 Å². The lowest BCUT2D eigenvalue weighted by molar-refractivity contribution is -0.136. The third-order valence-corrected chi connectivity index (χ3v) is 4.83. The van der Waals surface area contributed by atoms with Crippen molar-refractivity contribution < 1.29 is 22.4 Å². The van der Waals surface area contributed by atoms with Crippen LogP contribution in [0.1, 0.15) is 16.2 Å². The zero-order chi connectivity index (χ0) is 19.3. The Balaban J connectivity index is 1.76. The monoisotopic (exact) mass is 394 g/mol. The zero-order valence-corrected chi connectivity index (χ0v) is 15.0. The van der Waals surface area contributed by atoms with Crippen molar-refractivity contribution in [3.05, 3.63) is 76.4 Å². The van der Waals surface area contributed by atoms with Gasteiger partial charge in [-0.3, -0.25) is 0 Å². The maximum atomic E-state index is 13.2. The fourth-order valence-electron chi connectivity index (χ4n) is 2.58. The number of urea groups is 1. The maximum Gasteiger partial charge on any atom is 0.418 e. The number of benzene rings is 1. The van der Waals surface area contributed by atoms with Gasteiger partial charge in [-0.2, -0.15) is 13.2 Å². The molecule has 0 aliphatic rings. The number of nitrogens with one attached hydrogen (secondary N) is 1. The molecule has 3 aromatic rings. The molecule has 0 fully saturated rings. The van der Waals surface area contributed by atoms with E-state index in [1.807, 2.05) is 17.5 Å². The number of nitrogens with zero attached hydrogens (tertiary/aromatic N) is 1. The quantitative estimate of drug-likeness (QED) is 0.588. The first-order valence-corrected chi connectivity index (χ1v) is 9.08. The van der Waals surface area contributed by atoms with E-state index in [-0.39, 0.29) is 12.2 Å². The smallest absolute Gasteiger partial charge is 0.418 e. The highest BCUT2D eigenvalue weighted by Crippen LogP contribution is 2.34. The molecule has 0 spiro atoms. The highest BCUT2D eigenvalue weighted by molar-refractivity contribution is 7.09. The number of amides is 2. The van der Waals surface area contributed by atoms with Gasteiger partial charge in [0.25, 0.3) is 0 Å². The lowest BCUT2D eigenvalue weighted by Crippen LogP contribution is -2.36. The molecule has 0 bridgehead atoms. The van der Waals surface area contributed by atoms with Crippen molar-refractivity contribution in [1.29, 1.82) is 0 Å². The number of alkyl halides is 3. The van der Waals surface area contributed by atoms with E-state index < -0.39 is 17.8 Å². The molecule has 3 rings (SSSR count). The van der Waals surface area contributed by atoms with Crippen LogP contribution in [0.25, 0.3) is 0 Å². The molecule has 27 heavy (non-hydrogen) atoms. The molecule has 142 valence electrons. The number of para-hydroxylation sites is 1. The number of furan rings is 1. The maximum absolute atomic E-state index is 13.2. The molecule has 2 amide bonds. The molecule has 1 aromatic carbocycles. The van der Waals surface area contributed by atoms with Gasteiger partial charge in [-0.25, -0.2) is 4.79 Å². The van der Waals surface area contributed by atoms with Crippen molar-refractivity contribution in [2.45, 2.75) is 19.1 Å². The molecular formula is C19H17F3N2O2S. The van der Waals surface area contributed by atoms with Crippen LogP contribution in [0.2, 0.25) is 0 Å². The van der Waals surface area contributed by atoms with Crippen molar-refractivity contribution in [3.63, 3.8) is 0 Å². The summed E-state index contributed by atoms with van der Waals surface area (Å²) in [6, 6.07) is 11.6. The van der Waals surface area contributed by atoms with Gasteiger partial charge < -0.3 is 14.6 Å². The first-order valence-electron chi connectivity index (χ1n) is 8.20. The Labute approximate surface area is 158 Å². The zero-order valence-electron chi connectivity index (χ0n) is 14.2. The average molecular weight is 394 g/mol. The normalized spacial score (nSPS) is 11.4. The number of hydrogen-bond acceptors (Lipinski definition) is 3. The minimum atomic E-state index is -4.55. The van der Waals surface area contributed by atoms with Gasteiger partial charge in [-0.1, -0.05) is 18.2 Å². The lowest BCUT2D eigenvalue weighted by atomic mass is 10.1. The van der Waals surface area contributed by atoms with Gasteiger partial charge in [0.2, 0.25) is 0 Å². The fraction of sp³-hybridized carbons (Fsp3) is 0.211. The summed E-state index contributed by atoms with van der Waals surface area (Å²) in [5.74, 6) is 0.556. The van der Waals surface area contributed by atoms with Crippen molar-refractivity contribution in [3.8, 4) is 0 Å². The molecule has 0 aliphatic carbocycles. The Morgan fingerprint density at radius 2 is 1.93 bits per heavy atom. The van der Waals surface area contributed by atoms with Crippen molar-refractivity contribution in [1.82, 2.24) is 4.90 Å².